The third-order valence-electron chi connectivity index (χ3n) is 3.07. The molecule has 0 spiro atoms. The van der Waals surface area contributed by atoms with Gasteiger partial charge in [-0.1, -0.05) is 35.3 Å². The minimum Gasteiger partial charge on any atom is -0.324 e. The molecule has 0 bridgehead atoms. The Morgan fingerprint density at radius 2 is 2.11 bits per heavy atom. The molecule has 1 aromatic heterocycles. The summed E-state index contributed by atoms with van der Waals surface area (Å²) in [6.45, 7) is 1.86. The van der Waals surface area contributed by atoms with Crippen LogP contribution in [0.15, 0.2) is 18.2 Å². The Kier molecular flexibility index (Phi) is 4.13. The van der Waals surface area contributed by atoms with Crippen LogP contribution >= 0.6 is 23.2 Å². The summed E-state index contributed by atoms with van der Waals surface area (Å²) in [6, 6.07) is 4.19. The highest BCUT2D eigenvalue weighted by atomic mass is 35.5. The van der Waals surface area contributed by atoms with Gasteiger partial charge in [0.05, 0.1) is 10.7 Å². The lowest BCUT2D eigenvalue weighted by Gasteiger charge is -2.14. The first-order valence-electron chi connectivity index (χ1n) is 5.79. The predicted molar refractivity (Wildman–Crippen MR) is 75.0 cm³/mol. The van der Waals surface area contributed by atoms with E-state index in [0.717, 1.165) is 11.3 Å². The molecule has 3 nitrogen and oxygen atoms in total. The summed E-state index contributed by atoms with van der Waals surface area (Å²) in [6.07, 6.45) is 0.460. The van der Waals surface area contributed by atoms with E-state index in [-0.39, 0.29) is 5.02 Å². The Morgan fingerprint density at radius 3 is 2.68 bits per heavy atom. The number of halogens is 3. The fourth-order valence-corrected chi connectivity index (χ4v) is 2.56. The van der Waals surface area contributed by atoms with E-state index in [1.165, 1.54) is 6.07 Å². The Balaban J connectivity index is 2.31. The van der Waals surface area contributed by atoms with Crippen molar-refractivity contribution >= 4 is 23.2 Å². The van der Waals surface area contributed by atoms with Crippen LogP contribution in [0.3, 0.4) is 0 Å². The largest absolute Gasteiger partial charge is 0.324 e. The van der Waals surface area contributed by atoms with Crippen molar-refractivity contribution in [2.75, 3.05) is 0 Å². The van der Waals surface area contributed by atoms with Crippen LogP contribution in [-0.2, 0) is 13.5 Å². The molecule has 0 fully saturated rings. The Morgan fingerprint density at radius 1 is 1.42 bits per heavy atom. The third-order valence-corrected chi connectivity index (χ3v) is 3.95. The Labute approximate surface area is 121 Å². The molecule has 6 heteroatoms. The number of aromatic nitrogens is 2. The first-order valence-corrected chi connectivity index (χ1v) is 6.55. The second-order valence-electron chi connectivity index (χ2n) is 4.43. The number of rotatable bonds is 3. The van der Waals surface area contributed by atoms with Gasteiger partial charge in [0.1, 0.15) is 11.0 Å². The van der Waals surface area contributed by atoms with Crippen LogP contribution in [0, 0.1) is 12.7 Å². The molecule has 0 saturated carbocycles. The Bertz CT molecular complexity index is 610. The van der Waals surface area contributed by atoms with Crippen molar-refractivity contribution < 1.29 is 4.39 Å². The molecule has 2 rings (SSSR count). The molecule has 1 aromatic carbocycles. The van der Waals surface area contributed by atoms with Gasteiger partial charge in [-0.05, 0) is 25.0 Å². The summed E-state index contributed by atoms with van der Waals surface area (Å²) in [5.41, 5.74) is 8.34. The van der Waals surface area contributed by atoms with E-state index < -0.39 is 11.9 Å². The average Bonchev–Trinajstić information content (AvgIpc) is 2.59. The maximum atomic E-state index is 13.4. The summed E-state index contributed by atoms with van der Waals surface area (Å²) >= 11 is 12.1. The molecule has 0 aliphatic carbocycles. The third kappa shape index (κ3) is 2.76. The van der Waals surface area contributed by atoms with Crippen LogP contribution in [-0.4, -0.2) is 9.78 Å². The maximum Gasteiger partial charge on any atom is 0.142 e. The monoisotopic (exact) mass is 301 g/mol. The molecule has 0 aliphatic heterocycles. The molecule has 0 amide bonds. The van der Waals surface area contributed by atoms with Gasteiger partial charge in [0.2, 0.25) is 0 Å². The number of hydrogen-bond acceptors (Lipinski definition) is 2. The van der Waals surface area contributed by atoms with Crippen LogP contribution in [0.1, 0.15) is 22.9 Å². The summed E-state index contributed by atoms with van der Waals surface area (Å²) in [5, 5.41) is 4.82. The van der Waals surface area contributed by atoms with Crippen molar-refractivity contribution in [1.29, 1.82) is 0 Å². The maximum absolute atomic E-state index is 13.4. The topological polar surface area (TPSA) is 43.8 Å². The van der Waals surface area contributed by atoms with E-state index in [9.17, 15) is 4.39 Å². The van der Waals surface area contributed by atoms with E-state index in [2.05, 4.69) is 5.10 Å². The number of nitrogens with zero attached hydrogens (tertiary/aromatic N) is 2. The fourth-order valence-electron chi connectivity index (χ4n) is 2.04. The van der Waals surface area contributed by atoms with Gasteiger partial charge in [-0.25, -0.2) is 4.39 Å². The molecular weight excluding hydrogens is 288 g/mol. The predicted octanol–water partition coefficient (Wildman–Crippen LogP) is 3.42. The van der Waals surface area contributed by atoms with Gasteiger partial charge in [-0.15, -0.1) is 0 Å². The summed E-state index contributed by atoms with van der Waals surface area (Å²) in [7, 11) is 1.76. The van der Waals surface area contributed by atoms with Crippen LogP contribution in [0.5, 0.6) is 0 Å². The molecule has 0 aliphatic rings. The summed E-state index contributed by atoms with van der Waals surface area (Å²) in [4.78, 5) is 0. The van der Waals surface area contributed by atoms with Gasteiger partial charge in [-0.2, -0.15) is 5.10 Å². The normalized spacial score (nSPS) is 12.7. The van der Waals surface area contributed by atoms with Crippen molar-refractivity contribution in [2.24, 2.45) is 12.8 Å². The molecule has 2 N–H and O–H groups in total. The zero-order chi connectivity index (χ0) is 14.2. The van der Waals surface area contributed by atoms with E-state index in [1.807, 2.05) is 6.92 Å². The minimum absolute atomic E-state index is 0.0627. The smallest absolute Gasteiger partial charge is 0.142 e. The zero-order valence-electron chi connectivity index (χ0n) is 10.6. The van der Waals surface area contributed by atoms with Crippen molar-refractivity contribution in [3.63, 3.8) is 0 Å². The van der Waals surface area contributed by atoms with Crippen LogP contribution in [0.4, 0.5) is 4.39 Å². The first-order chi connectivity index (χ1) is 8.91. The van der Waals surface area contributed by atoms with E-state index in [0.29, 0.717) is 17.1 Å². The van der Waals surface area contributed by atoms with Crippen molar-refractivity contribution in [3.8, 4) is 0 Å². The molecule has 1 unspecified atom stereocenters. The van der Waals surface area contributed by atoms with Crippen LogP contribution in [0.2, 0.25) is 10.2 Å². The van der Waals surface area contributed by atoms with Crippen molar-refractivity contribution in [2.45, 2.75) is 19.4 Å². The first kappa shape index (κ1) is 14.3. The van der Waals surface area contributed by atoms with Crippen LogP contribution in [0.25, 0.3) is 0 Å². The fraction of sp³-hybridized carbons (Fsp3) is 0.308. The molecule has 0 saturated heterocycles. The van der Waals surface area contributed by atoms with E-state index >= 15 is 0 Å². The lowest BCUT2D eigenvalue weighted by molar-refractivity contribution is 0.619. The molecule has 102 valence electrons. The lowest BCUT2D eigenvalue weighted by atomic mass is 10.00. The molecular formula is C13H14Cl2FN3. The molecule has 0 radical (unpaired) electrons. The molecule has 19 heavy (non-hydrogen) atoms. The number of aryl methyl sites for hydroxylation is 2. The van der Waals surface area contributed by atoms with Gasteiger partial charge < -0.3 is 5.73 Å². The quantitative estimate of drug-likeness (QED) is 0.944. The van der Waals surface area contributed by atoms with Gasteiger partial charge >= 0.3 is 0 Å². The molecule has 1 atom stereocenters. The lowest BCUT2D eigenvalue weighted by Crippen LogP contribution is -2.15. The van der Waals surface area contributed by atoms with Gasteiger partial charge in [0.15, 0.2) is 0 Å². The van der Waals surface area contributed by atoms with Gasteiger partial charge in [0, 0.05) is 18.7 Å². The van der Waals surface area contributed by atoms with E-state index in [4.69, 9.17) is 28.9 Å². The summed E-state index contributed by atoms with van der Waals surface area (Å²) in [5.74, 6) is -0.469. The number of benzene rings is 1. The van der Waals surface area contributed by atoms with E-state index in [1.54, 1.807) is 23.9 Å². The standard InChI is InChI=1S/C13H14Cl2FN3/c1-7-9(13(15)19(2)18-7)6-11(17)8-4-3-5-10(16)12(8)14/h3-5,11H,6,17H2,1-2H3. The van der Waals surface area contributed by atoms with Gasteiger partial charge in [0.25, 0.3) is 0 Å². The Hall–Kier alpha value is -1.10. The highest BCUT2D eigenvalue weighted by molar-refractivity contribution is 6.31. The zero-order valence-corrected chi connectivity index (χ0v) is 12.1. The highest BCUT2D eigenvalue weighted by Crippen LogP contribution is 2.29. The highest BCUT2D eigenvalue weighted by Gasteiger charge is 2.18. The molecule has 2 aromatic rings. The SMILES string of the molecule is Cc1nn(C)c(Cl)c1CC(N)c1cccc(F)c1Cl. The van der Waals surface area contributed by atoms with Gasteiger partial charge in [-0.3, -0.25) is 4.68 Å². The number of nitrogens with two attached hydrogens (primary N) is 1. The van der Waals surface area contributed by atoms with Crippen LogP contribution < -0.4 is 5.73 Å². The summed E-state index contributed by atoms with van der Waals surface area (Å²) < 4.78 is 15.0. The second-order valence-corrected chi connectivity index (χ2v) is 5.17. The average molecular weight is 302 g/mol. The minimum atomic E-state index is -0.469. The van der Waals surface area contributed by atoms with Crippen molar-refractivity contribution in [1.82, 2.24) is 9.78 Å². The molecule has 1 heterocycles. The van der Waals surface area contributed by atoms with Crippen molar-refractivity contribution in [3.05, 3.63) is 51.0 Å². The second kappa shape index (κ2) is 5.49. The number of hydrogen-bond donors (Lipinski definition) is 1.